The molecule has 2 nitrogen and oxygen atoms in total. The summed E-state index contributed by atoms with van der Waals surface area (Å²) in [5.41, 5.74) is 1.29. The van der Waals surface area contributed by atoms with E-state index in [1.54, 1.807) is 7.11 Å². The Balaban J connectivity index is 2.08. The summed E-state index contributed by atoms with van der Waals surface area (Å²) < 4.78 is 10.6. The minimum absolute atomic E-state index is 0.171. The van der Waals surface area contributed by atoms with Crippen LogP contribution in [-0.4, -0.2) is 20.0 Å². The summed E-state index contributed by atoms with van der Waals surface area (Å²) in [5.74, 6) is 0.364. The summed E-state index contributed by atoms with van der Waals surface area (Å²) in [6.45, 7) is 0.693. The summed E-state index contributed by atoms with van der Waals surface area (Å²) in [4.78, 5) is 0. The van der Waals surface area contributed by atoms with Crippen LogP contribution in [-0.2, 0) is 9.47 Å². The van der Waals surface area contributed by atoms with Gasteiger partial charge in [0.15, 0.2) is 6.29 Å². The van der Waals surface area contributed by atoms with E-state index in [0.717, 1.165) is 0 Å². The Morgan fingerprint density at radius 3 is 2.57 bits per heavy atom. The zero-order chi connectivity index (χ0) is 9.80. The van der Waals surface area contributed by atoms with Crippen LogP contribution in [0.25, 0.3) is 0 Å². The van der Waals surface area contributed by atoms with Crippen molar-refractivity contribution in [3.05, 3.63) is 48.0 Å². The molecule has 74 valence electrons. The number of methoxy groups -OCH3 is 1. The zero-order valence-corrected chi connectivity index (χ0v) is 8.22. The molecule has 0 saturated heterocycles. The van der Waals surface area contributed by atoms with Crippen molar-refractivity contribution in [2.45, 2.75) is 12.2 Å². The van der Waals surface area contributed by atoms with Crippen molar-refractivity contribution >= 4 is 0 Å². The van der Waals surface area contributed by atoms with Gasteiger partial charge in [0.2, 0.25) is 0 Å². The van der Waals surface area contributed by atoms with Crippen molar-refractivity contribution in [3.8, 4) is 0 Å². The van der Waals surface area contributed by atoms with E-state index in [1.807, 2.05) is 24.3 Å². The van der Waals surface area contributed by atoms with Crippen LogP contribution in [0, 0.1) is 0 Å². The van der Waals surface area contributed by atoms with Gasteiger partial charge in [-0.15, -0.1) is 0 Å². The predicted molar refractivity (Wildman–Crippen MR) is 55.1 cm³/mol. The molecule has 0 N–H and O–H groups in total. The van der Waals surface area contributed by atoms with Crippen LogP contribution in [0.3, 0.4) is 0 Å². The van der Waals surface area contributed by atoms with Crippen molar-refractivity contribution in [2.75, 3.05) is 13.7 Å². The van der Waals surface area contributed by atoms with Crippen LogP contribution in [0.1, 0.15) is 11.5 Å². The van der Waals surface area contributed by atoms with E-state index in [9.17, 15) is 0 Å². The topological polar surface area (TPSA) is 18.5 Å². The smallest absolute Gasteiger partial charge is 0.176 e. The van der Waals surface area contributed by atoms with Gasteiger partial charge in [-0.05, 0) is 11.6 Å². The monoisotopic (exact) mass is 190 g/mol. The number of benzene rings is 1. The first-order valence-corrected chi connectivity index (χ1v) is 4.78. The van der Waals surface area contributed by atoms with Crippen molar-refractivity contribution in [1.82, 2.24) is 0 Å². The molecule has 1 aromatic rings. The molecule has 1 heterocycles. The fourth-order valence-electron chi connectivity index (χ4n) is 1.59. The number of rotatable bonds is 2. The first-order chi connectivity index (χ1) is 6.90. The van der Waals surface area contributed by atoms with Crippen LogP contribution < -0.4 is 0 Å². The van der Waals surface area contributed by atoms with E-state index in [-0.39, 0.29) is 6.29 Å². The van der Waals surface area contributed by atoms with Gasteiger partial charge in [-0.1, -0.05) is 36.4 Å². The fraction of sp³-hybridized carbons (Fsp3) is 0.333. The maximum absolute atomic E-state index is 5.49. The number of hydrogen-bond donors (Lipinski definition) is 0. The summed E-state index contributed by atoms with van der Waals surface area (Å²) in [6, 6.07) is 10.4. The molecule has 0 spiro atoms. The SMILES string of the molecule is CO[C@@H]1C=C[C@H](c2ccccc2)CO1. The van der Waals surface area contributed by atoms with Crippen molar-refractivity contribution in [3.63, 3.8) is 0 Å². The van der Waals surface area contributed by atoms with Crippen LogP contribution in [0.4, 0.5) is 0 Å². The first-order valence-electron chi connectivity index (χ1n) is 4.78. The van der Waals surface area contributed by atoms with Gasteiger partial charge in [0.25, 0.3) is 0 Å². The lowest BCUT2D eigenvalue weighted by Crippen LogP contribution is -2.21. The molecule has 0 bridgehead atoms. The van der Waals surface area contributed by atoms with Gasteiger partial charge < -0.3 is 9.47 Å². The van der Waals surface area contributed by atoms with Crippen LogP contribution in [0.15, 0.2) is 42.5 Å². The Morgan fingerprint density at radius 2 is 2.00 bits per heavy atom. The first kappa shape index (κ1) is 9.44. The van der Waals surface area contributed by atoms with E-state index < -0.39 is 0 Å². The minimum atomic E-state index is -0.171. The largest absolute Gasteiger partial charge is 0.352 e. The van der Waals surface area contributed by atoms with E-state index in [4.69, 9.17) is 9.47 Å². The average molecular weight is 190 g/mol. The standard InChI is InChI=1S/C12H14O2/c1-13-12-8-7-11(9-14-12)10-5-3-2-4-6-10/h2-8,11-12H,9H2,1H3/t11-,12-/m0/s1. The maximum atomic E-state index is 5.49. The van der Waals surface area contributed by atoms with E-state index >= 15 is 0 Å². The Bertz CT molecular complexity index is 305. The predicted octanol–water partition coefficient (Wildman–Crippen LogP) is 2.33. The molecular weight excluding hydrogens is 176 g/mol. The molecule has 0 unspecified atom stereocenters. The van der Waals surface area contributed by atoms with Crippen molar-refractivity contribution in [2.24, 2.45) is 0 Å². The number of hydrogen-bond acceptors (Lipinski definition) is 2. The highest BCUT2D eigenvalue weighted by Crippen LogP contribution is 2.22. The highest BCUT2D eigenvalue weighted by Gasteiger charge is 2.16. The van der Waals surface area contributed by atoms with Crippen LogP contribution in [0.2, 0.25) is 0 Å². The molecule has 0 aromatic heterocycles. The summed E-state index contributed by atoms with van der Waals surface area (Å²) in [6.07, 6.45) is 3.93. The van der Waals surface area contributed by atoms with Gasteiger partial charge in [-0.3, -0.25) is 0 Å². The molecule has 2 rings (SSSR count). The molecule has 2 heteroatoms. The Hall–Kier alpha value is -1.12. The van der Waals surface area contributed by atoms with Gasteiger partial charge in [0, 0.05) is 13.0 Å². The van der Waals surface area contributed by atoms with Crippen molar-refractivity contribution < 1.29 is 9.47 Å². The molecule has 1 aliphatic rings. The maximum Gasteiger partial charge on any atom is 0.176 e. The molecule has 2 atom stereocenters. The molecule has 0 aliphatic carbocycles. The normalized spacial score (nSPS) is 26.4. The molecule has 0 saturated carbocycles. The lowest BCUT2D eigenvalue weighted by Gasteiger charge is -2.22. The second kappa shape index (κ2) is 4.40. The van der Waals surface area contributed by atoms with E-state index in [1.165, 1.54) is 5.56 Å². The third-order valence-corrected chi connectivity index (χ3v) is 2.40. The zero-order valence-electron chi connectivity index (χ0n) is 8.22. The summed E-state index contributed by atoms with van der Waals surface area (Å²) in [7, 11) is 1.65. The van der Waals surface area contributed by atoms with Gasteiger partial charge in [-0.25, -0.2) is 0 Å². The van der Waals surface area contributed by atoms with Gasteiger partial charge in [-0.2, -0.15) is 0 Å². The highest BCUT2D eigenvalue weighted by atomic mass is 16.7. The molecule has 0 radical (unpaired) electrons. The lowest BCUT2D eigenvalue weighted by atomic mass is 9.98. The highest BCUT2D eigenvalue weighted by molar-refractivity contribution is 5.24. The van der Waals surface area contributed by atoms with Gasteiger partial charge in [0.1, 0.15) is 0 Å². The Labute approximate surface area is 84.2 Å². The van der Waals surface area contributed by atoms with E-state index in [2.05, 4.69) is 18.2 Å². The number of ether oxygens (including phenoxy) is 2. The Kier molecular flexibility index (Phi) is 2.96. The van der Waals surface area contributed by atoms with Crippen molar-refractivity contribution in [1.29, 1.82) is 0 Å². The third-order valence-electron chi connectivity index (χ3n) is 2.40. The molecule has 0 amide bonds. The quantitative estimate of drug-likeness (QED) is 0.666. The summed E-state index contributed by atoms with van der Waals surface area (Å²) >= 11 is 0. The van der Waals surface area contributed by atoms with E-state index in [0.29, 0.717) is 12.5 Å². The molecular formula is C12H14O2. The van der Waals surface area contributed by atoms with Gasteiger partial charge in [0.05, 0.1) is 6.61 Å². The van der Waals surface area contributed by atoms with Crippen LogP contribution >= 0.6 is 0 Å². The minimum Gasteiger partial charge on any atom is -0.352 e. The second-order valence-electron chi connectivity index (χ2n) is 3.34. The second-order valence-corrected chi connectivity index (χ2v) is 3.34. The van der Waals surface area contributed by atoms with Crippen LogP contribution in [0.5, 0.6) is 0 Å². The Morgan fingerprint density at radius 1 is 1.21 bits per heavy atom. The fourth-order valence-corrected chi connectivity index (χ4v) is 1.59. The molecule has 14 heavy (non-hydrogen) atoms. The molecule has 1 aliphatic heterocycles. The molecule has 0 fully saturated rings. The van der Waals surface area contributed by atoms with Gasteiger partial charge >= 0.3 is 0 Å². The average Bonchev–Trinajstić information content (AvgIpc) is 2.30. The lowest BCUT2D eigenvalue weighted by molar-refractivity contribution is -0.0984. The molecule has 1 aromatic carbocycles. The summed E-state index contributed by atoms with van der Waals surface area (Å²) in [5, 5.41) is 0. The third kappa shape index (κ3) is 2.03.